The van der Waals surface area contributed by atoms with Crippen LogP contribution in [-0.2, 0) is 6.54 Å². The molecule has 5 heteroatoms. The van der Waals surface area contributed by atoms with E-state index in [1.54, 1.807) is 18.4 Å². The molecule has 0 saturated carbocycles. The van der Waals surface area contributed by atoms with Crippen LogP contribution < -0.4 is 9.64 Å². The minimum atomic E-state index is -0.812. The molecule has 0 amide bonds. The van der Waals surface area contributed by atoms with Crippen LogP contribution in [0.1, 0.15) is 36.8 Å². The van der Waals surface area contributed by atoms with E-state index in [1.165, 1.54) is 12.1 Å². The minimum absolute atomic E-state index is 0.307. The van der Waals surface area contributed by atoms with E-state index in [-0.39, 0.29) is 11.9 Å². The third kappa shape index (κ3) is 3.27. The monoisotopic (exact) mass is 380 g/mol. The van der Waals surface area contributed by atoms with Gasteiger partial charge in [0.2, 0.25) is 0 Å². The van der Waals surface area contributed by atoms with Crippen LogP contribution in [0.3, 0.4) is 0 Å². The van der Waals surface area contributed by atoms with E-state index in [1.807, 2.05) is 49.1 Å². The van der Waals surface area contributed by atoms with Crippen molar-refractivity contribution < 1.29 is 18.7 Å². The van der Waals surface area contributed by atoms with Crippen LogP contribution in [0, 0.1) is 12.7 Å². The van der Waals surface area contributed by atoms with Gasteiger partial charge in [-0.25, -0.2) is 4.39 Å². The van der Waals surface area contributed by atoms with Crippen molar-refractivity contribution in [1.29, 1.82) is 0 Å². The van der Waals surface area contributed by atoms with Crippen LogP contribution >= 0.6 is 0 Å². The van der Waals surface area contributed by atoms with Gasteiger partial charge in [-0.2, -0.15) is 0 Å². The first kappa shape index (κ1) is 18.6. The van der Waals surface area contributed by atoms with Crippen LogP contribution in [0.15, 0.2) is 65.3 Å². The molecule has 0 fully saturated rings. The Morgan fingerprint density at radius 3 is 2.50 bits per heavy atom. The van der Waals surface area contributed by atoms with Gasteiger partial charge in [-0.1, -0.05) is 18.2 Å². The molecule has 1 radical (unpaired) electrons. The van der Waals surface area contributed by atoms with Gasteiger partial charge in [0.05, 0.1) is 12.3 Å². The number of hydrogen-bond donors (Lipinski definition) is 1. The number of para-hydroxylation sites is 1. The number of nitrogens with zero attached hydrogens (tertiary/aromatic N) is 1. The molecular weight excluding hydrogens is 357 g/mol. The Bertz CT molecular complexity index is 964. The second-order valence-electron chi connectivity index (χ2n) is 7.61. The topological polar surface area (TPSA) is 45.8 Å². The van der Waals surface area contributed by atoms with E-state index >= 15 is 0 Å². The maximum Gasteiger partial charge on any atom is 0.132 e. The Kier molecular flexibility index (Phi) is 4.63. The predicted octanol–water partition coefficient (Wildman–Crippen LogP) is 4.88. The lowest BCUT2D eigenvalue weighted by molar-refractivity contribution is -0.0590. The Hall–Kier alpha value is -2.79. The number of rotatable bonds is 4. The van der Waals surface area contributed by atoms with Crippen LogP contribution in [0.25, 0.3) is 0 Å². The zero-order valence-corrected chi connectivity index (χ0v) is 15.9. The molecule has 2 aromatic carbocycles. The molecule has 28 heavy (non-hydrogen) atoms. The molecule has 2 unspecified atom stereocenters. The Labute approximate surface area is 164 Å². The standard InChI is InChI=1S/C23H23FNO3/c1-15-16(12-13-27-15)14-25(18-10-8-17(24)9-11-18)21-19-6-4-5-7-20(19)28-23(2,3)22(21)26/h4-13,21-22,26H,1,14H2,2-3H3. The van der Waals surface area contributed by atoms with E-state index in [0.29, 0.717) is 12.3 Å². The summed E-state index contributed by atoms with van der Waals surface area (Å²) in [5.74, 6) is 0.997. The molecule has 0 spiro atoms. The van der Waals surface area contributed by atoms with E-state index in [2.05, 4.69) is 6.92 Å². The first-order valence-corrected chi connectivity index (χ1v) is 9.23. The zero-order chi connectivity index (χ0) is 19.9. The summed E-state index contributed by atoms with van der Waals surface area (Å²) in [6.07, 6.45) is 0.784. The molecule has 4 rings (SSSR count). The summed E-state index contributed by atoms with van der Waals surface area (Å²) < 4.78 is 25.0. The summed E-state index contributed by atoms with van der Waals surface area (Å²) in [7, 11) is 0. The minimum Gasteiger partial charge on any atom is -0.485 e. The van der Waals surface area contributed by atoms with Gasteiger partial charge in [0.25, 0.3) is 0 Å². The average Bonchev–Trinajstić information content (AvgIpc) is 3.07. The second-order valence-corrected chi connectivity index (χ2v) is 7.61. The average molecular weight is 380 g/mol. The van der Waals surface area contributed by atoms with Gasteiger partial charge in [-0.15, -0.1) is 0 Å². The lowest BCUT2D eigenvalue weighted by Gasteiger charge is -2.47. The highest BCUT2D eigenvalue weighted by Gasteiger charge is 2.45. The molecule has 1 aliphatic heterocycles. The van der Waals surface area contributed by atoms with Crippen molar-refractivity contribution >= 4 is 5.69 Å². The molecule has 3 aromatic rings. The van der Waals surface area contributed by atoms with Crippen molar-refractivity contribution in [2.75, 3.05) is 4.90 Å². The number of fused-ring (bicyclic) bond motifs is 1. The fraction of sp³-hybridized carbons (Fsp3) is 0.261. The largest absolute Gasteiger partial charge is 0.485 e. The molecule has 2 atom stereocenters. The quantitative estimate of drug-likeness (QED) is 0.701. The Morgan fingerprint density at radius 1 is 1.11 bits per heavy atom. The SMILES string of the molecule is [CH2]c1occc1CN(c1ccc(F)cc1)C1c2ccccc2OC(C)(C)C1O. The summed E-state index contributed by atoms with van der Waals surface area (Å²) in [5, 5.41) is 11.2. The molecular formula is C23H23FNO3. The van der Waals surface area contributed by atoms with Gasteiger partial charge >= 0.3 is 0 Å². The molecule has 145 valence electrons. The fourth-order valence-electron chi connectivity index (χ4n) is 3.72. The second kappa shape index (κ2) is 6.99. The van der Waals surface area contributed by atoms with E-state index in [9.17, 15) is 9.50 Å². The summed E-state index contributed by atoms with van der Waals surface area (Å²) in [6, 6.07) is 15.5. The van der Waals surface area contributed by atoms with Crippen LogP contribution in [-0.4, -0.2) is 16.8 Å². The van der Waals surface area contributed by atoms with E-state index in [4.69, 9.17) is 9.15 Å². The van der Waals surface area contributed by atoms with Crippen molar-refractivity contribution in [2.45, 2.75) is 38.1 Å². The number of ether oxygens (including phenoxy) is 1. The number of anilines is 1. The Morgan fingerprint density at radius 2 is 1.82 bits per heavy atom. The van der Waals surface area contributed by atoms with E-state index < -0.39 is 11.7 Å². The molecule has 0 aliphatic carbocycles. The van der Waals surface area contributed by atoms with Crippen LogP contribution in [0.5, 0.6) is 5.75 Å². The summed E-state index contributed by atoms with van der Waals surface area (Å²) in [5.41, 5.74) is 1.78. The number of aliphatic hydroxyl groups is 1. The maximum absolute atomic E-state index is 13.6. The lowest BCUT2D eigenvalue weighted by atomic mass is 9.85. The first-order chi connectivity index (χ1) is 13.4. The molecule has 4 nitrogen and oxygen atoms in total. The molecule has 2 heterocycles. The van der Waals surface area contributed by atoms with E-state index in [0.717, 1.165) is 22.6 Å². The third-order valence-corrected chi connectivity index (χ3v) is 5.29. The highest BCUT2D eigenvalue weighted by molar-refractivity contribution is 5.53. The van der Waals surface area contributed by atoms with Crippen molar-refractivity contribution in [1.82, 2.24) is 0 Å². The van der Waals surface area contributed by atoms with Crippen molar-refractivity contribution in [2.24, 2.45) is 0 Å². The number of aliphatic hydroxyl groups excluding tert-OH is 1. The normalized spacial score (nSPS) is 20.3. The lowest BCUT2D eigenvalue weighted by Crippen LogP contribution is -2.53. The van der Waals surface area contributed by atoms with Gasteiger partial charge < -0.3 is 19.2 Å². The highest BCUT2D eigenvalue weighted by atomic mass is 19.1. The predicted molar refractivity (Wildman–Crippen MR) is 106 cm³/mol. The van der Waals surface area contributed by atoms with Gasteiger partial charge in [-0.05, 0) is 50.2 Å². The number of furan rings is 1. The molecule has 1 N–H and O–H groups in total. The van der Waals surface area contributed by atoms with Gasteiger partial charge in [0.15, 0.2) is 0 Å². The van der Waals surface area contributed by atoms with Crippen LogP contribution in [0.4, 0.5) is 10.1 Å². The van der Waals surface area contributed by atoms with Gasteiger partial charge in [0.1, 0.15) is 29.0 Å². The van der Waals surface area contributed by atoms with Crippen molar-refractivity contribution in [3.8, 4) is 5.75 Å². The van der Waals surface area contributed by atoms with Crippen molar-refractivity contribution in [3.05, 3.63) is 90.5 Å². The zero-order valence-electron chi connectivity index (χ0n) is 15.9. The summed E-state index contributed by atoms with van der Waals surface area (Å²) in [4.78, 5) is 2.05. The third-order valence-electron chi connectivity index (χ3n) is 5.29. The highest BCUT2D eigenvalue weighted by Crippen LogP contribution is 2.44. The molecule has 0 bridgehead atoms. The molecule has 1 aliphatic rings. The smallest absolute Gasteiger partial charge is 0.132 e. The summed E-state index contributed by atoms with van der Waals surface area (Å²) in [6.45, 7) is 8.13. The fourth-order valence-corrected chi connectivity index (χ4v) is 3.72. The molecule has 0 saturated heterocycles. The van der Waals surface area contributed by atoms with Crippen LogP contribution in [0.2, 0.25) is 0 Å². The van der Waals surface area contributed by atoms with Gasteiger partial charge in [-0.3, -0.25) is 0 Å². The first-order valence-electron chi connectivity index (χ1n) is 9.23. The van der Waals surface area contributed by atoms with Gasteiger partial charge in [0, 0.05) is 30.3 Å². The molecule has 1 aromatic heterocycles. The maximum atomic E-state index is 13.6. The Balaban J connectivity index is 1.85. The number of benzene rings is 2. The van der Waals surface area contributed by atoms with Crippen molar-refractivity contribution in [3.63, 3.8) is 0 Å². The summed E-state index contributed by atoms with van der Waals surface area (Å²) >= 11 is 0. The number of hydrogen-bond acceptors (Lipinski definition) is 4. The number of halogens is 1.